The Labute approximate surface area is 184 Å². The number of carboxylic acid groups (broad SMARTS) is 1. The Kier molecular flexibility index (Phi) is 6.43. The Morgan fingerprint density at radius 2 is 1.73 bits per heavy atom. The average molecular weight is 466 g/mol. The zero-order valence-corrected chi connectivity index (χ0v) is 17.4. The monoisotopic (exact) mass is 466 g/mol. The van der Waals surface area contributed by atoms with E-state index in [1.807, 2.05) is 0 Å². The maximum Gasteiger partial charge on any atom is 0.305 e. The molecule has 1 atom stereocenters. The van der Waals surface area contributed by atoms with Gasteiger partial charge in [-0.3, -0.25) is 19.0 Å². The summed E-state index contributed by atoms with van der Waals surface area (Å²) in [7, 11) is 0. The number of aliphatic carboxylic acids is 1. The van der Waals surface area contributed by atoms with E-state index < -0.39 is 64.7 Å². The van der Waals surface area contributed by atoms with Crippen LogP contribution in [0.1, 0.15) is 35.0 Å². The Morgan fingerprint density at radius 1 is 1.06 bits per heavy atom. The van der Waals surface area contributed by atoms with Crippen molar-refractivity contribution in [3.8, 4) is 5.75 Å². The molecule has 0 saturated heterocycles. The van der Waals surface area contributed by atoms with Gasteiger partial charge in [0.15, 0.2) is 29.0 Å². The van der Waals surface area contributed by atoms with Crippen molar-refractivity contribution in [2.45, 2.75) is 32.7 Å². The number of carbonyl (C=O) groups is 3. The van der Waals surface area contributed by atoms with Gasteiger partial charge in [0.2, 0.25) is 5.91 Å². The summed E-state index contributed by atoms with van der Waals surface area (Å²) in [5.41, 5.74) is -0.747. The van der Waals surface area contributed by atoms with Crippen LogP contribution in [0, 0.1) is 30.2 Å². The van der Waals surface area contributed by atoms with E-state index in [4.69, 9.17) is 5.11 Å². The molecule has 0 aliphatic carbocycles. The molecule has 1 unspecified atom stereocenters. The highest BCUT2D eigenvalue weighted by molar-refractivity contribution is 6.05. The number of benzene rings is 2. The zero-order valence-electron chi connectivity index (χ0n) is 17.4. The number of rotatable bonds is 6. The predicted octanol–water partition coefficient (Wildman–Crippen LogP) is 3.42. The zero-order chi connectivity index (χ0) is 24.6. The van der Waals surface area contributed by atoms with Gasteiger partial charge in [-0.2, -0.15) is 0 Å². The molecule has 1 amide bonds. The van der Waals surface area contributed by atoms with Crippen molar-refractivity contribution in [2.75, 3.05) is 0 Å². The lowest BCUT2D eigenvalue weighted by Crippen LogP contribution is -2.35. The van der Waals surface area contributed by atoms with Gasteiger partial charge in [0.1, 0.15) is 0 Å². The molecule has 11 heteroatoms. The third kappa shape index (κ3) is 4.52. The highest BCUT2D eigenvalue weighted by Crippen LogP contribution is 2.35. The molecule has 0 radical (unpaired) electrons. The van der Waals surface area contributed by atoms with Crippen LogP contribution in [0.2, 0.25) is 0 Å². The normalized spacial score (nSPS) is 12.1. The highest BCUT2D eigenvalue weighted by Gasteiger charge is 2.27. The fourth-order valence-electron chi connectivity index (χ4n) is 3.59. The van der Waals surface area contributed by atoms with Gasteiger partial charge >= 0.3 is 5.97 Å². The summed E-state index contributed by atoms with van der Waals surface area (Å²) in [6.45, 7) is 2.77. The molecule has 33 heavy (non-hydrogen) atoms. The molecule has 0 aliphatic rings. The van der Waals surface area contributed by atoms with E-state index in [0.29, 0.717) is 12.1 Å². The molecule has 174 valence electrons. The van der Waals surface area contributed by atoms with Gasteiger partial charge in [0.05, 0.1) is 18.4 Å². The van der Waals surface area contributed by atoms with Crippen LogP contribution in [0.5, 0.6) is 5.75 Å². The van der Waals surface area contributed by atoms with Crippen molar-refractivity contribution in [3.05, 3.63) is 64.4 Å². The van der Waals surface area contributed by atoms with E-state index in [1.165, 1.54) is 13.8 Å². The Balaban J connectivity index is 2.14. The van der Waals surface area contributed by atoms with Gasteiger partial charge in [-0.15, -0.1) is 0 Å². The molecule has 0 bridgehead atoms. The minimum absolute atomic E-state index is 0.00956. The molecular formula is C22H18F4N2O5. The number of hydrogen-bond donors (Lipinski definition) is 3. The lowest BCUT2D eigenvalue weighted by molar-refractivity contribution is -0.137. The molecule has 1 aromatic heterocycles. The molecule has 3 rings (SSSR count). The molecule has 0 saturated carbocycles. The van der Waals surface area contributed by atoms with Crippen LogP contribution in [0.4, 0.5) is 17.6 Å². The maximum absolute atomic E-state index is 14.8. The molecule has 1 heterocycles. The molecule has 0 fully saturated rings. The average Bonchev–Trinajstić information content (AvgIpc) is 2.98. The smallest absolute Gasteiger partial charge is 0.305 e. The van der Waals surface area contributed by atoms with E-state index in [1.54, 1.807) is 0 Å². The van der Waals surface area contributed by atoms with E-state index in [-0.39, 0.29) is 28.8 Å². The fourth-order valence-corrected chi connectivity index (χ4v) is 3.59. The third-order valence-corrected chi connectivity index (χ3v) is 5.08. The molecule has 7 nitrogen and oxygen atoms in total. The Hall–Kier alpha value is -3.89. The number of nitrogens with zero attached hydrogens (tertiary/aromatic N) is 1. The van der Waals surface area contributed by atoms with Gasteiger partial charge in [-0.05, 0) is 37.6 Å². The molecular weight excluding hydrogens is 448 g/mol. The first-order valence-corrected chi connectivity index (χ1v) is 9.64. The number of aromatic nitrogens is 1. The number of carbonyl (C=O) groups excluding carboxylic acids is 2. The number of fused-ring (bicyclic) bond motifs is 1. The van der Waals surface area contributed by atoms with Crippen molar-refractivity contribution in [1.82, 2.24) is 9.88 Å². The molecule has 2 aromatic carbocycles. The number of amides is 1. The largest absolute Gasteiger partial charge is 0.503 e. The summed E-state index contributed by atoms with van der Waals surface area (Å²) in [5, 5.41) is 20.6. The second kappa shape index (κ2) is 8.93. The van der Waals surface area contributed by atoms with Crippen LogP contribution < -0.4 is 5.32 Å². The van der Waals surface area contributed by atoms with Gasteiger partial charge in [-0.25, -0.2) is 17.6 Å². The van der Waals surface area contributed by atoms with Crippen LogP contribution in [-0.4, -0.2) is 38.6 Å². The molecule has 0 aliphatic heterocycles. The SMILES string of the molecule is Cc1c(CC(=O)NC(C)CC(=O)O)c2c(F)c(O)c(F)cc2n1C(=O)c1ccc(F)c(F)c1. The van der Waals surface area contributed by atoms with Crippen LogP contribution in [0.3, 0.4) is 0 Å². The number of phenolic OH excluding ortho intramolecular Hbond substituents is 1. The minimum Gasteiger partial charge on any atom is -0.503 e. The molecule has 3 aromatic rings. The number of carboxylic acids is 1. The first-order valence-electron chi connectivity index (χ1n) is 9.64. The summed E-state index contributed by atoms with van der Waals surface area (Å²) in [6, 6.07) is 2.25. The van der Waals surface area contributed by atoms with E-state index in [9.17, 15) is 37.1 Å². The van der Waals surface area contributed by atoms with Gasteiger partial charge in [0, 0.05) is 28.8 Å². The quantitative estimate of drug-likeness (QED) is 0.483. The van der Waals surface area contributed by atoms with Gasteiger partial charge in [-0.1, -0.05) is 0 Å². The number of phenols is 1. The molecule has 3 N–H and O–H groups in total. The summed E-state index contributed by atoms with van der Waals surface area (Å²) in [6.07, 6.45) is -0.909. The lowest BCUT2D eigenvalue weighted by Gasteiger charge is -2.12. The van der Waals surface area contributed by atoms with E-state index >= 15 is 0 Å². The first kappa shape index (κ1) is 23.8. The summed E-state index contributed by atoms with van der Waals surface area (Å²) in [5.74, 6) is -9.43. The van der Waals surface area contributed by atoms with Crippen molar-refractivity contribution in [2.24, 2.45) is 0 Å². The number of halogens is 4. The fraction of sp³-hybridized carbons (Fsp3) is 0.227. The number of aromatic hydroxyl groups is 1. The Morgan fingerprint density at radius 3 is 2.33 bits per heavy atom. The number of hydrogen-bond acceptors (Lipinski definition) is 4. The second-order valence-corrected chi connectivity index (χ2v) is 7.49. The van der Waals surface area contributed by atoms with Crippen molar-refractivity contribution >= 4 is 28.7 Å². The predicted molar refractivity (Wildman–Crippen MR) is 108 cm³/mol. The Bertz CT molecular complexity index is 1300. The van der Waals surface area contributed by atoms with Crippen molar-refractivity contribution in [1.29, 1.82) is 0 Å². The standard InChI is InChI=1S/C22H18F4N2O5/c1-9(5-18(30)31)27-17(29)7-12-10(2)28(16-8-15(25)21(32)20(26)19(12)16)22(33)11-3-4-13(23)14(24)6-11/h3-4,6,8-9,32H,5,7H2,1-2H3,(H,27,29)(H,30,31). The second-order valence-electron chi connectivity index (χ2n) is 7.49. The number of nitrogens with one attached hydrogen (secondary N) is 1. The lowest BCUT2D eigenvalue weighted by atomic mass is 10.1. The minimum atomic E-state index is -1.41. The maximum atomic E-state index is 14.8. The van der Waals surface area contributed by atoms with Crippen LogP contribution >= 0.6 is 0 Å². The van der Waals surface area contributed by atoms with E-state index in [0.717, 1.165) is 16.7 Å². The van der Waals surface area contributed by atoms with Crippen LogP contribution in [-0.2, 0) is 16.0 Å². The van der Waals surface area contributed by atoms with Crippen molar-refractivity contribution in [3.63, 3.8) is 0 Å². The third-order valence-electron chi connectivity index (χ3n) is 5.08. The highest BCUT2D eigenvalue weighted by atomic mass is 19.2. The summed E-state index contributed by atoms with van der Waals surface area (Å²) >= 11 is 0. The van der Waals surface area contributed by atoms with Crippen LogP contribution in [0.25, 0.3) is 10.9 Å². The topological polar surface area (TPSA) is 109 Å². The van der Waals surface area contributed by atoms with Gasteiger partial charge < -0.3 is 15.5 Å². The van der Waals surface area contributed by atoms with Crippen LogP contribution in [0.15, 0.2) is 24.3 Å². The van der Waals surface area contributed by atoms with Gasteiger partial charge in [0.25, 0.3) is 5.91 Å². The summed E-state index contributed by atoms with van der Waals surface area (Å²) in [4.78, 5) is 36.3. The first-order chi connectivity index (χ1) is 15.4. The van der Waals surface area contributed by atoms with Crippen molar-refractivity contribution < 1.29 is 42.2 Å². The molecule has 0 spiro atoms. The van der Waals surface area contributed by atoms with E-state index in [2.05, 4.69) is 5.32 Å². The summed E-state index contributed by atoms with van der Waals surface area (Å²) < 4.78 is 56.7.